The average Bonchev–Trinajstić information content (AvgIpc) is 3.23. The summed E-state index contributed by atoms with van der Waals surface area (Å²) in [5.41, 5.74) is 2.66. The molecule has 3 rings (SSSR count). The molecule has 2 amide bonds. The van der Waals surface area contributed by atoms with Gasteiger partial charge >= 0.3 is 6.03 Å². The maximum Gasteiger partial charge on any atom is 0.322 e. The van der Waals surface area contributed by atoms with Crippen LogP contribution in [0, 0.1) is 6.92 Å². The number of carbonyl (C=O) groups is 1. The number of nitrogens with one attached hydrogen (secondary N) is 1. The number of amides is 2. The minimum atomic E-state index is -0.143. The van der Waals surface area contributed by atoms with Gasteiger partial charge in [-0.05, 0) is 43.9 Å². The molecule has 0 radical (unpaired) electrons. The third kappa shape index (κ3) is 3.22. The first-order chi connectivity index (χ1) is 11.6. The van der Waals surface area contributed by atoms with E-state index in [1.54, 1.807) is 7.11 Å². The zero-order chi connectivity index (χ0) is 17.1. The number of urea groups is 1. The summed E-state index contributed by atoms with van der Waals surface area (Å²) in [6.45, 7) is 4.71. The van der Waals surface area contributed by atoms with Crippen LogP contribution in [-0.4, -0.2) is 29.7 Å². The number of rotatable bonds is 4. The van der Waals surface area contributed by atoms with Crippen molar-refractivity contribution in [2.24, 2.45) is 0 Å². The molecule has 6 nitrogen and oxygen atoms in total. The van der Waals surface area contributed by atoms with E-state index in [2.05, 4.69) is 10.5 Å². The molecule has 6 heteroatoms. The van der Waals surface area contributed by atoms with Gasteiger partial charge in [-0.25, -0.2) is 4.79 Å². The number of carbonyl (C=O) groups excluding carboxylic acids is 1. The Morgan fingerprint density at radius 3 is 3.00 bits per heavy atom. The van der Waals surface area contributed by atoms with E-state index in [4.69, 9.17) is 9.26 Å². The highest BCUT2D eigenvalue weighted by Crippen LogP contribution is 2.34. The van der Waals surface area contributed by atoms with Gasteiger partial charge in [0, 0.05) is 12.6 Å². The Hall–Kier alpha value is -2.50. The van der Waals surface area contributed by atoms with Gasteiger partial charge in [0.25, 0.3) is 0 Å². The zero-order valence-electron chi connectivity index (χ0n) is 14.3. The summed E-state index contributed by atoms with van der Waals surface area (Å²) < 4.78 is 10.8. The maximum absolute atomic E-state index is 12.8. The SMILES string of the molecule is CCc1cc([C@@H]2CCCN2C(=O)Nc2cc(C)ccc2OC)on1. The van der Waals surface area contributed by atoms with E-state index < -0.39 is 0 Å². The zero-order valence-corrected chi connectivity index (χ0v) is 14.3. The molecule has 0 bridgehead atoms. The van der Waals surface area contributed by atoms with Crippen molar-refractivity contribution in [2.75, 3.05) is 19.0 Å². The van der Waals surface area contributed by atoms with Crippen molar-refractivity contribution < 1.29 is 14.1 Å². The molecule has 0 aliphatic carbocycles. The Morgan fingerprint density at radius 2 is 2.29 bits per heavy atom. The third-order valence-corrected chi connectivity index (χ3v) is 4.38. The Balaban J connectivity index is 1.77. The summed E-state index contributed by atoms with van der Waals surface area (Å²) in [5.74, 6) is 1.41. The lowest BCUT2D eigenvalue weighted by molar-refractivity contribution is 0.195. The monoisotopic (exact) mass is 329 g/mol. The Morgan fingerprint density at radius 1 is 1.46 bits per heavy atom. The minimum Gasteiger partial charge on any atom is -0.495 e. The van der Waals surface area contributed by atoms with Crippen LogP contribution >= 0.6 is 0 Å². The highest BCUT2D eigenvalue weighted by molar-refractivity contribution is 5.91. The molecule has 1 aromatic heterocycles. The summed E-state index contributed by atoms with van der Waals surface area (Å²) in [6, 6.07) is 7.46. The second kappa shape index (κ2) is 6.95. The molecule has 0 spiro atoms. The maximum atomic E-state index is 12.8. The number of ether oxygens (including phenoxy) is 1. The Labute approximate surface area is 141 Å². The number of anilines is 1. The number of methoxy groups -OCH3 is 1. The fraction of sp³-hybridized carbons (Fsp3) is 0.444. The van der Waals surface area contributed by atoms with Gasteiger partial charge in [0.1, 0.15) is 5.75 Å². The molecule has 1 aromatic carbocycles. The number of aryl methyl sites for hydroxylation is 2. The van der Waals surface area contributed by atoms with Gasteiger partial charge in [0.2, 0.25) is 0 Å². The molecule has 0 saturated carbocycles. The van der Waals surface area contributed by atoms with Gasteiger partial charge in [-0.15, -0.1) is 0 Å². The van der Waals surface area contributed by atoms with Crippen LogP contribution in [0.5, 0.6) is 5.75 Å². The molecule has 1 aliphatic heterocycles. The first kappa shape index (κ1) is 16.4. The first-order valence-corrected chi connectivity index (χ1v) is 8.30. The first-order valence-electron chi connectivity index (χ1n) is 8.30. The molecular formula is C18H23N3O3. The number of nitrogens with zero attached hydrogens (tertiary/aromatic N) is 2. The molecule has 1 fully saturated rings. The predicted molar refractivity (Wildman–Crippen MR) is 91.3 cm³/mol. The van der Waals surface area contributed by atoms with Crippen molar-refractivity contribution in [1.82, 2.24) is 10.1 Å². The number of likely N-dealkylation sites (tertiary alicyclic amines) is 1. The van der Waals surface area contributed by atoms with Crippen LogP contribution < -0.4 is 10.1 Å². The van der Waals surface area contributed by atoms with Crippen LogP contribution in [0.3, 0.4) is 0 Å². The lowest BCUT2D eigenvalue weighted by atomic mass is 10.1. The van der Waals surface area contributed by atoms with Gasteiger partial charge in [0.15, 0.2) is 5.76 Å². The Bertz CT molecular complexity index is 726. The van der Waals surface area contributed by atoms with Crippen LogP contribution in [-0.2, 0) is 6.42 Å². The lowest BCUT2D eigenvalue weighted by Gasteiger charge is -2.23. The molecule has 2 aromatic rings. The Kier molecular flexibility index (Phi) is 4.74. The average molecular weight is 329 g/mol. The molecule has 2 heterocycles. The number of hydrogen-bond acceptors (Lipinski definition) is 4. The second-order valence-corrected chi connectivity index (χ2v) is 6.06. The van der Waals surface area contributed by atoms with Gasteiger partial charge < -0.3 is 19.5 Å². The highest BCUT2D eigenvalue weighted by Gasteiger charge is 2.33. The molecule has 0 unspecified atom stereocenters. The smallest absolute Gasteiger partial charge is 0.322 e. The van der Waals surface area contributed by atoms with Crippen molar-refractivity contribution in [3.63, 3.8) is 0 Å². The van der Waals surface area contributed by atoms with E-state index in [9.17, 15) is 4.79 Å². The number of benzene rings is 1. The molecule has 1 atom stereocenters. The molecule has 1 N–H and O–H groups in total. The third-order valence-electron chi connectivity index (χ3n) is 4.38. The van der Waals surface area contributed by atoms with Crippen molar-refractivity contribution in [3.8, 4) is 5.75 Å². The van der Waals surface area contributed by atoms with Gasteiger partial charge in [-0.3, -0.25) is 0 Å². The van der Waals surface area contributed by atoms with E-state index in [0.717, 1.165) is 36.3 Å². The van der Waals surface area contributed by atoms with E-state index >= 15 is 0 Å². The second-order valence-electron chi connectivity index (χ2n) is 6.06. The van der Waals surface area contributed by atoms with Crippen molar-refractivity contribution in [1.29, 1.82) is 0 Å². The number of hydrogen-bond donors (Lipinski definition) is 1. The largest absolute Gasteiger partial charge is 0.495 e. The normalized spacial score (nSPS) is 17.1. The van der Waals surface area contributed by atoms with Crippen LogP contribution in [0.1, 0.15) is 42.8 Å². The van der Waals surface area contributed by atoms with Gasteiger partial charge in [-0.1, -0.05) is 18.1 Å². The fourth-order valence-electron chi connectivity index (χ4n) is 3.06. The van der Waals surface area contributed by atoms with Gasteiger partial charge in [-0.2, -0.15) is 0 Å². The fourth-order valence-corrected chi connectivity index (χ4v) is 3.06. The highest BCUT2D eigenvalue weighted by atomic mass is 16.5. The summed E-state index contributed by atoms with van der Waals surface area (Å²) >= 11 is 0. The predicted octanol–water partition coefficient (Wildman–Crippen LogP) is 3.92. The van der Waals surface area contributed by atoms with Crippen molar-refractivity contribution in [3.05, 3.63) is 41.3 Å². The summed E-state index contributed by atoms with van der Waals surface area (Å²) in [7, 11) is 1.60. The van der Waals surface area contributed by atoms with Crippen LogP contribution in [0.4, 0.5) is 10.5 Å². The summed E-state index contributed by atoms with van der Waals surface area (Å²) in [6.07, 6.45) is 2.66. The molecule has 128 valence electrons. The molecule has 24 heavy (non-hydrogen) atoms. The summed E-state index contributed by atoms with van der Waals surface area (Å²) in [4.78, 5) is 14.6. The van der Waals surface area contributed by atoms with Crippen molar-refractivity contribution in [2.45, 2.75) is 39.2 Å². The molecule has 1 saturated heterocycles. The van der Waals surface area contributed by atoms with Crippen LogP contribution in [0.25, 0.3) is 0 Å². The summed E-state index contributed by atoms with van der Waals surface area (Å²) in [5, 5.41) is 7.01. The standard InChI is InChI=1S/C18H23N3O3/c1-4-13-11-17(24-20-13)15-6-5-9-21(15)18(22)19-14-10-12(2)7-8-16(14)23-3/h7-8,10-11,15H,4-6,9H2,1-3H3,(H,19,22)/t15-/m0/s1. The van der Waals surface area contributed by atoms with E-state index in [-0.39, 0.29) is 12.1 Å². The van der Waals surface area contributed by atoms with Crippen LogP contribution in [0.15, 0.2) is 28.8 Å². The van der Waals surface area contributed by atoms with E-state index in [0.29, 0.717) is 18.0 Å². The van der Waals surface area contributed by atoms with E-state index in [1.165, 1.54) is 0 Å². The number of aromatic nitrogens is 1. The van der Waals surface area contributed by atoms with Gasteiger partial charge in [0.05, 0.1) is 24.5 Å². The van der Waals surface area contributed by atoms with Crippen molar-refractivity contribution >= 4 is 11.7 Å². The quantitative estimate of drug-likeness (QED) is 0.923. The lowest BCUT2D eigenvalue weighted by Crippen LogP contribution is -2.34. The minimum absolute atomic E-state index is 0.0615. The topological polar surface area (TPSA) is 67.6 Å². The van der Waals surface area contributed by atoms with Crippen LogP contribution in [0.2, 0.25) is 0 Å². The molecular weight excluding hydrogens is 306 g/mol. The molecule has 1 aliphatic rings. The van der Waals surface area contributed by atoms with E-state index in [1.807, 2.05) is 43.0 Å².